The second-order valence-electron chi connectivity index (χ2n) is 9.21. The smallest absolute Gasteiger partial charge is 0.336 e. The van der Waals surface area contributed by atoms with Gasteiger partial charge >= 0.3 is 5.97 Å². The van der Waals surface area contributed by atoms with Gasteiger partial charge < -0.3 is 4.74 Å². The number of carbonyl (C=O) groups is 3. The van der Waals surface area contributed by atoms with E-state index in [0.29, 0.717) is 22.1 Å². The number of halogens is 1. The molecule has 5 rings (SSSR count). The van der Waals surface area contributed by atoms with Crippen LogP contribution in [0.4, 0.5) is 0 Å². The van der Waals surface area contributed by atoms with E-state index in [0.717, 1.165) is 31.2 Å². The van der Waals surface area contributed by atoms with Crippen molar-refractivity contribution < 1.29 is 19.1 Å². The standard InChI is InChI=1S/C31H25ClO4/c32-24-17-15-22(16-18-24)21-11-13-23(14-12-21)28-29(34)25-8-4-5-9-26(25)30(35)31(28)36-27(33)19-10-20-6-2-1-3-7-20/h1-10,15-19,21,23H,11-14H2/b19-10+. The van der Waals surface area contributed by atoms with E-state index >= 15 is 0 Å². The molecular weight excluding hydrogens is 472 g/mol. The molecule has 0 amide bonds. The van der Waals surface area contributed by atoms with Gasteiger partial charge in [0.25, 0.3) is 0 Å². The van der Waals surface area contributed by atoms with Gasteiger partial charge in [-0.1, -0.05) is 78.3 Å². The molecule has 180 valence electrons. The number of Topliss-reactive ketones (excluding diaryl/α,β-unsaturated/α-hetero) is 2. The van der Waals surface area contributed by atoms with E-state index in [4.69, 9.17) is 16.3 Å². The predicted octanol–water partition coefficient (Wildman–Crippen LogP) is 7.20. The lowest BCUT2D eigenvalue weighted by atomic mass is 9.72. The van der Waals surface area contributed by atoms with E-state index in [-0.39, 0.29) is 23.0 Å². The van der Waals surface area contributed by atoms with Gasteiger partial charge in [0.15, 0.2) is 11.5 Å². The first-order chi connectivity index (χ1) is 17.5. The Bertz CT molecular complexity index is 1360. The van der Waals surface area contributed by atoms with Gasteiger partial charge in [0.1, 0.15) is 0 Å². The average Bonchev–Trinajstić information content (AvgIpc) is 2.92. The topological polar surface area (TPSA) is 60.4 Å². The highest BCUT2D eigenvalue weighted by Gasteiger charge is 2.39. The van der Waals surface area contributed by atoms with Crippen molar-refractivity contribution in [3.05, 3.63) is 124 Å². The highest BCUT2D eigenvalue weighted by atomic mass is 35.5. The minimum atomic E-state index is -0.679. The van der Waals surface area contributed by atoms with Crippen LogP contribution in [0.2, 0.25) is 5.02 Å². The van der Waals surface area contributed by atoms with Crippen molar-refractivity contribution in [1.82, 2.24) is 0 Å². The van der Waals surface area contributed by atoms with E-state index in [1.807, 2.05) is 54.6 Å². The van der Waals surface area contributed by atoms with Crippen LogP contribution in [0.3, 0.4) is 0 Å². The van der Waals surface area contributed by atoms with Crippen molar-refractivity contribution in [3.63, 3.8) is 0 Å². The summed E-state index contributed by atoms with van der Waals surface area (Å²) >= 11 is 6.04. The molecule has 0 spiro atoms. The Morgan fingerprint density at radius 2 is 1.33 bits per heavy atom. The summed E-state index contributed by atoms with van der Waals surface area (Å²) in [6.45, 7) is 0. The molecule has 0 radical (unpaired) electrons. The summed E-state index contributed by atoms with van der Waals surface area (Å²) in [6.07, 6.45) is 6.11. The zero-order valence-electron chi connectivity index (χ0n) is 19.7. The Kier molecular flexibility index (Phi) is 6.97. The number of carbonyl (C=O) groups excluding carboxylic acids is 3. The second kappa shape index (κ2) is 10.5. The summed E-state index contributed by atoms with van der Waals surface area (Å²) in [4.78, 5) is 39.7. The molecule has 0 aliphatic heterocycles. The van der Waals surface area contributed by atoms with Gasteiger partial charge in [-0.25, -0.2) is 4.79 Å². The third-order valence-electron chi connectivity index (χ3n) is 7.00. The second-order valence-corrected chi connectivity index (χ2v) is 9.65. The highest BCUT2D eigenvalue weighted by Crippen LogP contribution is 2.42. The highest BCUT2D eigenvalue weighted by molar-refractivity contribution is 6.30. The van der Waals surface area contributed by atoms with Crippen LogP contribution < -0.4 is 0 Å². The van der Waals surface area contributed by atoms with Gasteiger partial charge in [0.2, 0.25) is 5.78 Å². The monoisotopic (exact) mass is 496 g/mol. The lowest BCUT2D eigenvalue weighted by molar-refractivity contribution is -0.133. The maximum atomic E-state index is 13.6. The Labute approximate surface area is 215 Å². The fraction of sp³-hybridized carbons (Fsp3) is 0.194. The molecule has 0 bridgehead atoms. The number of hydrogen-bond acceptors (Lipinski definition) is 4. The number of rotatable bonds is 5. The first-order valence-electron chi connectivity index (χ1n) is 12.1. The van der Waals surface area contributed by atoms with Crippen molar-refractivity contribution in [2.75, 3.05) is 0 Å². The number of ether oxygens (including phenoxy) is 1. The van der Waals surface area contributed by atoms with E-state index in [2.05, 4.69) is 0 Å². The summed E-state index contributed by atoms with van der Waals surface area (Å²) in [6, 6.07) is 24.0. The Morgan fingerprint density at radius 3 is 2.00 bits per heavy atom. The number of esters is 1. The molecule has 1 fully saturated rings. The van der Waals surface area contributed by atoms with Gasteiger partial charge in [-0.15, -0.1) is 0 Å². The zero-order chi connectivity index (χ0) is 25.1. The fourth-order valence-corrected chi connectivity index (χ4v) is 5.28. The number of allylic oxidation sites excluding steroid dienone is 2. The fourth-order valence-electron chi connectivity index (χ4n) is 5.16. The van der Waals surface area contributed by atoms with Gasteiger partial charge in [-0.05, 0) is 66.9 Å². The molecule has 0 aromatic heterocycles. The summed E-state index contributed by atoms with van der Waals surface area (Å²) in [5.41, 5.74) is 3.03. The quantitative estimate of drug-likeness (QED) is 0.277. The van der Waals surface area contributed by atoms with Crippen LogP contribution in [0, 0.1) is 5.92 Å². The number of ketones is 2. The van der Waals surface area contributed by atoms with Crippen LogP contribution in [0.5, 0.6) is 0 Å². The van der Waals surface area contributed by atoms with Crippen LogP contribution in [-0.4, -0.2) is 17.5 Å². The summed E-state index contributed by atoms with van der Waals surface area (Å²) < 4.78 is 5.61. The molecular formula is C31H25ClO4. The third-order valence-corrected chi connectivity index (χ3v) is 7.25. The number of hydrogen-bond donors (Lipinski definition) is 0. The first-order valence-corrected chi connectivity index (χ1v) is 12.5. The minimum Gasteiger partial charge on any atom is -0.419 e. The van der Waals surface area contributed by atoms with Gasteiger partial charge in [-0.3, -0.25) is 9.59 Å². The molecule has 0 heterocycles. The minimum absolute atomic E-state index is 0.128. The molecule has 0 unspecified atom stereocenters. The van der Waals surface area contributed by atoms with Crippen LogP contribution in [0.15, 0.2) is 96.3 Å². The Hall–Kier alpha value is -3.76. The van der Waals surface area contributed by atoms with Gasteiger partial charge in [-0.2, -0.15) is 0 Å². The van der Waals surface area contributed by atoms with Crippen molar-refractivity contribution in [3.8, 4) is 0 Å². The SMILES string of the molecule is O=C(/C=C/c1ccccc1)OC1=C(C2CCC(c3ccc(Cl)cc3)CC2)C(=O)c2ccccc2C1=O. The van der Waals surface area contributed by atoms with Crippen molar-refractivity contribution in [2.45, 2.75) is 31.6 Å². The molecule has 3 aromatic carbocycles. The average molecular weight is 497 g/mol. The zero-order valence-corrected chi connectivity index (χ0v) is 20.4. The molecule has 3 aromatic rings. The molecule has 1 saturated carbocycles. The lowest BCUT2D eigenvalue weighted by Gasteiger charge is -2.32. The van der Waals surface area contributed by atoms with E-state index in [9.17, 15) is 14.4 Å². The molecule has 36 heavy (non-hydrogen) atoms. The van der Waals surface area contributed by atoms with Crippen LogP contribution in [0.1, 0.15) is 63.4 Å². The molecule has 0 atom stereocenters. The van der Waals surface area contributed by atoms with E-state index < -0.39 is 11.8 Å². The lowest BCUT2D eigenvalue weighted by Crippen LogP contribution is -2.30. The summed E-state index contributed by atoms with van der Waals surface area (Å²) in [5.74, 6) is -1.24. The van der Waals surface area contributed by atoms with Crippen molar-refractivity contribution >= 4 is 35.2 Å². The Balaban J connectivity index is 1.42. The van der Waals surface area contributed by atoms with Crippen molar-refractivity contribution in [1.29, 1.82) is 0 Å². The first kappa shape index (κ1) is 24.0. The number of benzene rings is 3. The van der Waals surface area contributed by atoms with Crippen LogP contribution in [0.25, 0.3) is 6.08 Å². The van der Waals surface area contributed by atoms with Crippen molar-refractivity contribution in [2.24, 2.45) is 5.92 Å². The summed E-state index contributed by atoms with van der Waals surface area (Å²) in [5, 5.41) is 0.704. The summed E-state index contributed by atoms with van der Waals surface area (Å²) in [7, 11) is 0. The molecule has 0 N–H and O–H groups in total. The van der Waals surface area contributed by atoms with E-state index in [1.54, 1.807) is 30.3 Å². The van der Waals surface area contributed by atoms with E-state index in [1.165, 1.54) is 11.6 Å². The molecule has 4 nitrogen and oxygen atoms in total. The van der Waals surface area contributed by atoms with Gasteiger partial charge in [0.05, 0.1) is 5.57 Å². The van der Waals surface area contributed by atoms with Crippen LogP contribution >= 0.6 is 11.6 Å². The maximum absolute atomic E-state index is 13.6. The molecule has 5 heteroatoms. The molecule has 0 saturated heterocycles. The largest absolute Gasteiger partial charge is 0.419 e. The Morgan fingerprint density at radius 1 is 0.750 bits per heavy atom. The predicted molar refractivity (Wildman–Crippen MR) is 140 cm³/mol. The van der Waals surface area contributed by atoms with Crippen LogP contribution in [-0.2, 0) is 9.53 Å². The molecule has 2 aliphatic rings. The normalized spacial score (nSPS) is 19.9. The molecule has 2 aliphatic carbocycles. The third kappa shape index (κ3) is 4.95. The number of fused-ring (bicyclic) bond motifs is 1. The maximum Gasteiger partial charge on any atom is 0.336 e. The van der Waals surface area contributed by atoms with Gasteiger partial charge in [0, 0.05) is 22.2 Å².